The first-order chi connectivity index (χ1) is 8.16. The van der Waals surface area contributed by atoms with Crippen LogP contribution in [0.3, 0.4) is 0 Å². The maximum absolute atomic E-state index is 11.9. The summed E-state index contributed by atoms with van der Waals surface area (Å²) in [5.74, 6) is -0.0762. The van der Waals surface area contributed by atoms with Crippen molar-refractivity contribution < 1.29 is 9.53 Å². The molecule has 1 aliphatic heterocycles. The lowest BCUT2D eigenvalue weighted by molar-refractivity contribution is -0.120. The van der Waals surface area contributed by atoms with Gasteiger partial charge in [-0.25, -0.2) is 0 Å². The van der Waals surface area contributed by atoms with Gasteiger partial charge in [0, 0.05) is 15.5 Å². The number of morpholine rings is 1. The van der Waals surface area contributed by atoms with Crippen LogP contribution in [0.4, 0.5) is 5.69 Å². The third-order valence-corrected chi connectivity index (χ3v) is 3.58. The van der Waals surface area contributed by atoms with Gasteiger partial charge in [0.15, 0.2) is 0 Å². The van der Waals surface area contributed by atoms with Crippen LogP contribution < -0.4 is 10.6 Å². The van der Waals surface area contributed by atoms with Crippen LogP contribution in [-0.4, -0.2) is 31.7 Å². The highest BCUT2D eigenvalue weighted by Gasteiger charge is 2.21. The van der Waals surface area contributed by atoms with E-state index in [0.29, 0.717) is 19.8 Å². The predicted octanol–water partition coefficient (Wildman–Crippen LogP) is 2.14. The number of nitrogens with one attached hydrogen (secondary N) is 2. The van der Waals surface area contributed by atoms with E-state index in [-0.39, 0.29) is 11.9 Å². The summed E-state index contributed by atoms with van der Waals surface area (Å²) in [6.07, 6.45) is 0. The third-order valence-electron chi connectivity index (χ3n) is 2.43. The normalized spacial score (nSPS) is 20.0. The molecule has 1 aromatic rings. The molecule has 4 nitrogen and oxygen atoms in total. The Labute approximate surface area is 116 Å². The Kier molecular flexibility index (Phi) is 4.55. The molecule has 2 rings (SSSR count). The molecule has 1 amide bonds. The van der Waals surface area contributed by atoms with Crippen molar-refractivity contribution in [3.63, 3.8) is 0 Å². The topological polar surface area (TPSA) is 50.4 Å². The summed E-state index contributed by atoms with van der Waals surface area (Å²) in [5.41, 5.74) is 0.755. The molecule has 0 spiro atoms. The van der Waals surface area contributed by atoms with E-state index in [2.05, 4.69) is 42.5 Å². The summed E-state index contributed by atoms with van der Waals surface area (Å²) in [4.78, 5) is 11.9. The fourth-order valence-electron chi connectivity index (χ4n) is 1.54. The van der Waals surface area contributed by atoms with Crippen molar-refractivity contribution in [2.45, 2.75) is 6.04 Å². The molecular weight excluding hydrogens is 352 g/mol. The summed E-state index contributed by atoms with van der Waals surface area (Å²) in [6.45, 7) is 1.78. The Morgan fingerprint density at radius 1 is 1.47 bits per heavy atom. The van der Waals surface area contributed by atoms with Crippen molar-refractivity contribution in [3.05, 3.63) is 27.1 Å². The first kappa shape index (κ1) is 13.0. The van der Waals surface area contributed by atoms with Gasteiger partial charge in [-0.2, -0.15) is 0 Å². The molecule has 0 radical (unpaired) electrons. The van der Waals surface area contributed by atoms with E-state index in [9.17, 15) is 4.79 Å². The molecule has 17 heavy (non-hydrogen) atoms. The smallest absolute Gasteiger partial charge is 0.243 e. The molecule has 0 bridgehead atoms. The summed E-state index contributed by atoms with van der Waals surface area (Å²) in [5, 5.41) is 5.97. The summed E-state index contributed by atoms with van der Waals surface area (Å²) in [7, 11) is 0. The van der Waals surface area contributed by atoms with E-state index in [1.165, 1.54) is 0 Å². The number of halogens is 2. The fraction of sp³-hybridized carbons (Fsp3) is 0.364. The second-order valence-electron chi connectivity index (χ2n) is 3.70. The van der Waals surface area contributed by atoms with Gasteiger partial charge < -0.3 is 15.4 Å². The van der Waals surface area contributed by atoms with E-state index < -0.39 is 0 Å². The van der Waals surface area contributed by atoms with Crippen molar-refractivity contribution in [1.29, 1.82) is 0 Å². The number of rotatable bonds is 2. The third kappa shape index (κ3) is 3.51. The highest BCUT2D eigenvalue weighted by atomic mass is 79.9. The van der Waals surface area contributed by atoms with E-state index in [1.807, 2.05) is 18.2 Å². The van der Waals surface area contributed by atoms with Gasteiger partial charge in [0.2, 0.25) is 5.91 Å². The Hall–Kier alpha value is -0.430. The van der Waals surface area contributed by atoms with Crippen LogP contribution in [0, 0.1) is 0 Å². The maximum atomic E-state index is 11.9. The van der Waals surface area contributed by atoms with Gasteiger partial charge in [0.05, 0.1) is 18.9 Å². The van der Waals surface area contributed by atoms with E-state index in [0.717, 1.165) is 14.6 Å². The Morgan fingerprint density at radius 2 is 2.29 bits per heavy atom. The molecule has 6 heteroatoms. The first-order valence-electron chi connectivity index (χ1n) is 5.24. The van der Waals surface area contributed by atoms with Crippen molar-refractivity contribution in [2.75, 3.05) is 25.1 Å². The van der Waals surface area contributed by atoms with Gasteiger partial charge in [-0.15, -0.1) is 0 Å². The molecule has 1 atom stereocenters. The second-order valence-corrected chi connectivity index (χ2v) is 5.47. The Bertz CT molecular complexity index is 420. The van der Waals surface area contributed by atoms with Gasteiger partial charge in [-0.05, 0) is 34.1 Å². The predicted molar refractivity (Wildman–Crippen MR) is 73.1 cm³/mol. The molecule has 92 valence electrons. The minimum Gasteiger partial charge on any atom is -0.378 e. The van der Waals surface area contributed by atoms with Crippen LogP contribution in [0.1, 0.15) is 0 Å². The van der Waals surface area contributed by atoms with Crippen LogP contribution >= 0.6 is 31.9 Å². The largest absolute Gasteiger partial charge is 0.378 e. The van der Waals surface area contributed by atoms with Gasteiger partial charge in [0.25, 0.3) is 0 Å². The number of hydrogen-bond acceptors (Lipinski definition) is 3. The minimum atomic E-state index is -0.278. The number of benzene rings is 1. The molecule has 1 aromatic carbocycles. The second kappa shape index (κ2) is 5.95. The molecule has 2 N–H and O–H groups in total. The SMILES string of the molecule is O=C(Nc1ccc(Br)cc1Br)C1COCCN1. The van der Waals surface area contributed by atoms with Crippen LogP contribution in [0.5, 0.6) is 0 Å². The van der Waals surface area contributed by atoms with Crippen molar-refractivity contribution >= 4 is 43.5 Å². The summed E-state index contributed by atoms with van der Waals surface area (Å²) >= 11 is 6.77. The van der Waals surface area contributed by atoms with Crippen LogP contribution in [0.2, 0.25) is 0 Å². The number of amides is 1. The number of carbonyl (C=O) groups is 1. The monoisotopic (exact) mass is 362 g/mol. The van der Waals surface area contributed by atoms with Crippen LogP contribution in [0.15, 0.2) is 27.1 Å². The van der Waals surface area contributed by atoms with Crippen LogP contribution in [-0.2, 0) is 9.53 Å². The quantitative estimate of drug-likeness (QED) is 0.846. The molecule has 1 unspecified atom stereocenters. The summed E-state index contributed by atoms with van der Waals surface area (Å²) < 4.78 is 7.05. The Balaban J connectivity index is 2.02. The number of carbonyl (C=O) groups excluding carboxylic acids is 1. The zero-order valence-electron chi connectivity index (χ0n) is 9.00. The molecule has 1 fully saturated rings. The molecule has 1 heterocycles. The van der Waals surface area contributed by atoms with E-state index in [4.69, 9.17) is 4.74 Å². The zero-order chi connectivity index (χ0) is 12.3. The number of anilines is 1. The molecule has 0 aliphatic carbocycles. The average molecular weight is 364 g/mol. The van der Waals surface area contributed by atoms with Crippen LogP contribution in [0.25, 0.3) is 0 Å². The highest BCUT2D eigenvalue weighted by Crippen LogP contribution is 2.26. The van der Waals surface area contributed by atoms with Gasteiger partial charge in [-0.3, -0.25) is 4.79 Å². The van der Waals surface area contributed by atoms with Crippen molar-refractivity contribution in [2.24, 2.45) is 0 Å². The van der Waals surface area contributed by atoms with E-state index >= 15 is 0 Å². The highest BCUT2D eigenvalue weighted by molar-refractivity contribution is 9.11. The minimum absolute atomic E-state index is 0.0762. The van der Waals surface area contributed by atoms with E-state index in [1.54, 1.807) is 0 Å². The lowest BCUT2D eigenvalue weighted by Crippen LogP contribution is -2.48. The first-order valence-corrected chi connectivity index (χ1v) is 6.82. The lowest BCUT2D eigenvalue weighted by atomic mass is 10.2. The lowest BCUT2D eigenvalue weighted by Gasteiger charge is -2.23. The van der Waals surface area contributed by atoms with Gasteiger partial charge in [0.1, 0.15) is 6.04 Å². The fourth-order valence-corrected chi connectivity index (χ4v) is 2.69. The van der Waals surface area contributed by atoms with Crippen molar-refractivity contribution in [1.82, 2.24) is 5.32 Å². The zero-order valence-corrected chi connectivity index (χ0v) is 12.2. The average Bonchev–Trinajstić information content (AvgIpc) is 2.34. The Morgan fingerprint density at radius 3 is 2.94 bits per heavy atom. The molecular formula is C11H12Br2N2O2. The standard InChI is InChI=1S/C11H12Br2N2O2/c12-7-1-2-9(8(13)5-7)15-11(16)10-6-17-4-3-14-10/h1-2,5,10,14H,3-4,6H2,(H,15,16). The molecule has 1 aliphatic rings. The molecule has 0 aromatic heterocycles. The summed E-state index contributed by atoms with van der Waals surface area (Å²) in [6, 6.07) is 5.33. The molecule has 1 saturated heterocycles. The van der Waals surface area contributed by atoms with Crippen molar-refractivity contribution in [3.8, 4) is 0 Å². The number of ether oxygens (including phenoxy) is 1. The van der Waals surface area contributed by atoms with Gasteiger partial charge >= 0.3 is 0 Å². The number of hydrogen-bond donors (Lipinski definition) is 2. The van der Waals surface area contributed by atoms with Gasteiger partial charge in [-0.1, -0.05) is 15.9 Å². The maximum Gasteiger partial charge on any atom is 0.243 e. The molecule has 0 saturated carbocycles.